The van der Waals surface area contributed by atoms with E-state index in [1.165, 1.54) is 11.4 Å². The van der Waals surface area contributed by atoms with Gasteiger partial charge < -0.3 is 19.3 Å². The summed E-state index contributed by atoms with van der Waals surface area (Å²) in [5, 5.41) is 7.17. The smallest absolute Gasteiger partial charge is 0.248 e. The van der Waals surface area contributed by atoms with Crippen LogP contribution in [0.4, 0.5) is 5.69 Å². The summed E-state index contributed by atoms with van der Waals surface area (Å²) < 4.78 is 43.4. The topological polar surface area (TPSA) is 107 Å². The molecule has 3 rings (SSSR count). The third-order valence-corrected chi connectivity index (χ3v) is 6.38. The molecule has 2 aromatic rings. The molecule has 10 heteroatoms. The molecular formula is C18H26N4O5S. The number of nitrogens with zero attached hydrogens (tertiary/aromatic N) is 3. The van der Waals surface area contributed by atoms with Crippen LogP contribution in [0.15, 0.2) is 27.6 Å². The fourth-order valence-electron chi connectivity index (χ4n) is 2.97. The van der Waals surface area contributed by atoms with Crippen LogP contribution < -0.4 is 10.1 Å². The number of sulfonamides is 1. The number of hydrogen-bond acceptors (Lipinski definition) is 8. The van der Waals surface area contributed by atoms with Gasteiger partial charge in [0.25, 0.3) is 0 Å². The first-order valence-electron chi connectivity index (χ1n) is 9.30. The van der Waals surface area contributed by atoms with E-state index in [1.54, 1.807) is 18.2 Å². The molecule has 1 atom stereocenters. The Bertz CT molecular complexity index is 893. The van der Waals surface area contributed by atoms with Crippen molar-refractivity contribution in [2.45, 2.75) is 37.6 Å². The predicted molar refractivity (Wildman–Crippen MR) is 103 cm³/mol. The number of aromatic nitrogens is 2. The molecule has 1 aromatic carbocycles. The Morgan fingerprint density at radius 3 is 2.75 bits per heavy atom. The Labute approximate surface area is 165 Å². The number of ether oxygens (including phenoxy) is 2. The molecule has 0 aliphatic carbocycles. The lowest BCUT2D eigenvalue weighted by atomic mass is 10.2. The van der Waals surface area contributed by atoms with Crippen LogP contribution in [0, 0.1) is 0 Å². The molecule has 0 radical (unpaired) electrons. The molecule has 0 spiro atoms. The summed E-state index contributed by atoms with van der Waals surface area (Å²) >= 11 is 0. The molecule has 1 N–H and O–H groups in total. The normalized spacial score (nSPS) is 16.7. The van der Waals surface area contributed by atoms with Gasteiger partial charge in [0.05, 0.1) is 20.3 Å². The largest absolute Gasteiger partial charge is 0.495 e. The zero-order valence-corrected chi connectivity index (χ0v) is 17.2. The van der Waals surface area contributed by atoms with Crippen LogP contribution in [0.3, 0.4) is 0 Å². The summed E-state index contributed by atoms with van der Waals surface area (Å²) in [6.07, 6.45) is 1.68. The molecule has 9 nitrogen and oxygen atoms in total. The van der Waals surface area contributed by atoms with E-state index in [-0.39, 0.29) is 10.9 Å². The highest BCUT2D eigenvalue weighted by Gasteiger charge is 2.29. The van der Waals surface area contributed by atoms with Gasteiger partial charge in [0, 0.05) is 25.2 Å². The lowest BCUT2D eigenvalue weighted by Crippen LogP contribution is -2.40. The lowest BCUT2D eigenvalue weighted by molar-refractivity contribution is 0.0729. The van der Waals surface area contributed by atoms with Crippen molar-refractivity contribution in [1.29, 1.82) is 0 Å². The van der Waals surface area contributed by atoms with Gasteiger partial charge in [-0.3, -0.25) is 0 Å². The SMILES string of the molecule is CCCc1noc(C(C)Nc2ccc(OC)c(S(=O)(=O)N3CCOCC3)c2)n1. The van der Waals surface area contributed by atoms with E-state index >= 15 is 0 Å². The standard InChI is InChI=1S/C18H26N4O5S/c1-4-5-17-20-18(27-21-17)13(2)19-14-6-7-15(25-3)16(12-14)28(23,24)22-8-10-26-11-9-22/h6-7,12-13,19H,4-5,8-11H2,1-3H3. The van der Waals surface area contributed by atoms with E-state index in [4.69, 9.17) is 14.0 Å². The predicted octanol–water partition coefficient (Wildman–Crippen LogP) is 2.22. The van der Waals surface area contributed by atoms with E-state index in [0.29, 0.717) is 49.5 Å². The van der Waals surface area contributed by atoms with Crippen molar-refractivity contribution in [2.75, 3.05) is 38.7 Å². The van der Waals surface area contributed by atoms with Gasteiger partial charge in [-0.05, 0) is 31.5 Å². The van der Waals surface area contributed by atoms with E-state index in [9.17, 15) is 8.42 Å². The summed E-state index contributed by atoms with van der Waals surface area (Å²) in [5.41, 5.74) is 0.621. The van der Waals surface area contributed by atoms with Gasteiger partial charge in [0.1, 0.15) is 16.7 Å². The number of methoxy groups -OCH3 is 1. The van der Waals surface area contributed by atoms with Crippen LogP contribution in [0.2, 0.25) is 0 Å². The lowest BCUT2D eigenvalue weighted by Gasteiger charge is -2.27. The van der Waals surface area contributed by atoms with Crippen molar-refractivity contribution in [2.24, 2.45) is 0 Å². The van der Waals surface area contributed by atoms with Crippen molar-refractivity contribution < 1.29 is 22.4 Å². The van der Waals surface area contributed by atoms with E-state index in [0.717, 1.165) is 12.8 Å². The number of rotatable bonds is 8. The Morgan fingerprint density at radius 2 is 2.07 bits per heavy atom. The first-order chi connectivity index (χ1) is 13.5. The third-order valence-electron chi connectivity index (χ3n) is 4.46. The highest BCUT2D eigenvalue weighted by molar-refractivity contribution is 7.89. The van der Waals surface area contributed by atoms with Crippen LogP contribution in [-0.4, -0.2) is 56.3 Å². The molecule has 1 aromatic heterocycles. The number of benzene rings is 1. The molecule has 0 bridgehead atoms. The fraction of sp³-hybridized carbons (Fsp3) is 0.556. The van der Waals surface area contributed by atoms with Crippen molar-refractivity contribution in [3.05, 3.63) is 29.9 Å². The molecular weight excluding hydrogens is 384 g/mol. The van der Waals surface area contributed by atoms with Gasteiger partial charge in [0.15, 0.2) is 5.82 Å². The summed E-state index contributed by atoms with van der Waals surface area (Å²) in [6.45, 7) is 5.33. The van der Waals surface area contributed by atoms with Crippen molar-refractivity contribution in [3.63, 3.8) is 0 Å². The monoisotopic (exact) mass is 410 g/mol. The van der Waals surface area contributed by atoms with Crippen molar-refractivity contribution >= 4 is 15.7 Å². The van der Waals surface area contributed by atoms with Gasteiger partial charge in [0.2, 0.25) is 15.9 Å². The maximum atomic E-state index is 13.1. The van der Waals surface area contributed by atoms with Crippen molar-refractivity contribution in [3.8, 4) is 5.75 Å². The highest BCUT2D eigenvalue weighted by atomic mass is 32.2. The van der Waals surface area contributed by atoms with Crippen LogP contribution in [0.25, 0.3) is 0 Å². The average molecular weight is 410 g/mol. The van der Waals surface area contributed by atoms with Crippen LogP contribution >= 0.6 is 0 Å². The zero-order chi connectivity index (χ0) is 20.1. The Hall–Kier alpha value is -2.17. The molecule has 0 amide bonds. The Morgan fingerprint density at radius 1 is 1.32 bits per heavy atom. The van der Waals surface area contributed by atoms with Gasteiger partial charge in [-0.2, -0.15) is 9.29 Å². The van der Waals surface area contributed by atoms with Crippen LogP contribution in [0.1, 0.15) is 38.0 Å². The number of nitrogens with one attached hydrogen (secondary N) is 1. The summed E-state index contributed by atoms with van der Waals surface area (Å²) in [4.78, 5) is 4.49. The van der Waals surface area contributed by atoms with E-state index < -0.39 is 10.0 Å². The molecule has 28 heavy (non-hydrogen) atoms. The minimum atomic E-state index is -3.69. The molecule has 1 aliphatic heterocycles. The first kappa shape index (κ1) is 20.6. The summed E-state index contributed by atoms with van der Waals surface area (Å²) in [7, 11) is -2.24. The average Bonchev–Trinajstić information content (AvgIpc) is 3.18. The molecule has 1 saturated heterocycles. The minimum Gasteiger partial charge on any atom is -0.495 e. The molecule has 1 aliphatic rings. The van der Waals surface area contributed by atoms with Crippen molar-refractivity contribution in [1.82, 2.24) is 14.4 Å². The summed E-state index contributed by atoms with van der Waals surface area (Å²) in [6, 6.07) is 4.70. The number of aryl methyl sites for hydroxylation is 1. The fourth-order valence-corrected chi connectivity index (χ4v) is 4.56. The number of morpholine rings is 1. The maximum absolute atomic E-state index is 13.1. The number of anilines is 1. The first-order valence-corrected chi connectivity index (χ1v) is 10.7. The second kappa shape index (κ2) is 8.89. The molecule has 0 saturated carbocycles. The Kier molecular flexibility index (Phi) is 6.53. The molecule has 1 fully saturated rings. The minimum absolute atomic E-state index is 0.117. The Balaban J connectivity index is 1.83. The van der Waals surface area contributed by atoms with Gasteiger partial charge in [-0.25, -0.2) is 8.42 Å². The third kappa shape index (κ3) is 4.45. The quantitative estimate of drug-likeness (QED) is 0.706. The van der Waals surface area contributed by atoms with Gasteiger partial charge >= 0.3 is 0 Å². The van der Waals surface area contributed by atoms with Gasteiger partial charge in [-0.1, -0.05) is 12.1 Å². The van der Waals surface area contributed by atoms with Crippen LogP contribution in [0.5, 0.6) is 5.75 Å². The maximum Gasteiger partial charge on any atom is 0.248 e. The molecule has 2 heterocycles. The van der Waals surface area contributed by atoms with E-state index in [2.05, 4.69) is 15.5 Å². The molecule has 1 unspecified atom stereocenters. The summed E-state index contributed by atoms with van der Waals surface area (Å²) in [5.74, 6) is 1.42. The van der Waals surface area contributed by atoms with E-state index in [1.807, 2.05) is 13.8 Å². The van der Waals surface area contributed by atoms with Crippen LogP contribution in [-0.2, 0) is 21.2 Å². The second-order valence-corrected chi connectivity index (χ2v) is 8.45. The molecule has 154 valence electrons. The second-order valence-electron chi connectivity index (χ2n) is 6.55. The van der Waals surface area contributed by atoms with Gasteiger partial charge in [-0.15, -0.1) is 0 Å². The highest BCUT2D eigenvalue weighted by Crippen LogP contribution is 2.31. The zero-order valence-electron chi connectivity index (χ0n) is 16.3. The number of hydrogen-bond donors (Lipinski definition) is 1.